The highest BCUT2D eigenvalue weighted by Crippen LogP contribution is 2.19. The third kappa shape index (κ3) is 6.05. The van der Waals surface area contributed by atoms with Crippen LogP contribution in [0.25, 0.3) is 11.3 Å². The summed E-state index contributed by atoms with van der Waals surface area (Å²) in [6.45, 7) is 5.51. The van der Waals surface area contributed by atoms with Crippen molar-refractivity contribution in [2.75, 3.05) is 6.54 Å². The molecule has 0 aliphatic carbocycles. The van der Waals surface area contributed by atoms with Crippen molar-refractivity contribution < 1.29 is 4.42 Å². The lowest BCUT2D eigenvalue weighted by atomic mass is 10.1. The van der Waals surface area contributed by atoms with Crippen molar-refractivity contribution in [3.8, 4) is 11.3 Å². The van der Waals surface area contributed by atoms with Crippen molar-refractivity contribution in [3.05, 3.63) is 42.4 Å². The Kier molecular flexibility index (Phi) is 7.94. The monoisotopic (exact) mass is 414 g/mol. The Morgan fingerprint density at radius 3 is 2.73 bits per heavy atom. The highest BCUT2D eigenvalue weighted by molar-refractivity contribution is 14.0. The molecule has 2 aromatic rings. The smallest absolute Gasteiger partial charge is 0.216 e. The molecule has 0 unspecified atom stereocenters. The summed E-state index contributed by atoms with van der Waals surface area (Å²) < 4.78 is 5.66. The molecule has 0 fully saturated rings. The predicted molar refractivity (Wildman–Crippen MR) is 100 cm³/mol. The summed E-state index contributed by atoms with van der Waals surface area (Å²) in [6, 6.07) is 9.86. The van der Waals surface area contributed by atoms with E-state index in [9.17, 15) is 0 Å². The highest BCUT2D eigenvalue weighted by Gasteiger charge is 2.05. The maximum absolute atomic E-state index is 5.80. The van der Waals surface area contributed by atoms with E-state index in [-0.39, 0.29) is 24.0 Å². The van der Waals surface area contributed by atoms with Crippen molar-refractivity contribution in [1.29, 1.82) is 0 Å². The van der Waals surface area contributed by atoms with E-state index in [0.29, 0.717) is 24.3 Å². The Morgan fingerprint density at radius 2 is 2.05 bits per heavy atom. The first-order chi connectivity index (χ1) is 10.1. The van der Waals surface area contributed by atoms with Gasteiger partial charge in [-0.1, -0.05) is 44.2 Å². The molecule has 2 rings (SSSR count). The summed E-state index contributed by atoms with van der Waals surface area (Å²) in [5.74, 6) is 2.37. The molecule has 5 nitrogen and oxygen atoms in total. The SMILES string of the molecule is CC(C)CCNC(N)=NCc1ncc(-c2ccccc2)o1.I. The summed E-state index contributed by atoms with van der Waals surface area (Å²) in [5.41, 5.74) is 6.80. The number of oxazole rings is 1. The lowest BCUT2D eigenvalue weighted by Gasteiger charge is -2.06. The van der Waals surface area contributed by atoms with E-state index in [2.05, 4.69) is 29.1 Å². The standard InChI is InChI=1S/C16H22N4O.HI/c1-12(2)8-9-18-16(17)20-11-15-19-10-14(21-15)13-6-4-3-5-7-13;/h3-7,10,12H,8-9,11H2,1-2H3,(H3,17,18,20);1H. The Hall–Kier alpha value is -1.57. The van der Waals surface area contributed by atoms with Crippen molar-refractivity contribution in [3.63, 3.8) is 0 Å². The summed E-state index contributed by atoms with van der Waals surface area (Å²) in [6.07, 6.45) is 2.77. The first-order valence-corrected chi connectivity index (χ1v) is 7.19. The molecule has 22 heavy (non-hydrogen) atoms. The topological polar surface area (TPSA) is 76.4 Å². The molecule has 0 saturated heterocycles. The molecule has 0 aliphatic rings. The fourth-order valence-corrected chi connectivity index (χ4v) is 1.82. The summed E-state index contributed by atoms with van der Waals surface area (Å²) in [4.78, 5) is 8.44. The molecule has 6 heteroatoms. The summed E-state index contributed by atoms with van der Waals surface area (Å²) in [7, 11) is 0. The number of rotatable bonds is 6. The van der Waals surface area contributed by atoms with Crippen molar-refractivity contribution in [2.24, 2.45) is 16.6 Å². The molecular weight excluding hydrogens is 391 g/mol. The van der Waals surface area contributed by atoms with Gasteiger partial charge in [0.2, 0.25) is 5.89 Å². The van der Waals surface area contributed by atoms with Gasteiger partial charge in [0.1, 0.15) is 6.54 Å². The van der Waals surface area contributed by atoms with Gasteiger partial charge in [-0.25, -0.2) is 9.98 Å². The minimum atomic E-state index is 0. The van der Waals surface area contributed by atoms with Crippen molar-refractivity contribution in [2.45, 2.75) is 26.8 Å². The second kappa shape index (κ2) is 9.45. The zero-order chi connectivity index (χ0) is 15.1. The molecule has 1 aromatic heterocycles. The van der Waals surface area contributed by atoms with Gasteiger partial charge in [-0.15, -0.1) is 24.0 Å². The molecule has 0 amide bonds. The van der Waals surface area contributed by atoms with Crippen molar-refractivity contribution >= 4 is 29.9 Å². The van der Waals surface area contributed by atoms with E-state index in [0.717, 1.165) is 24.3 Å². The molecule has 1 heterocycles. The van der Waals surface area contributed by atoms with Crippen LogP contribution in [0.2, 0.25) is 0 Å². The second-order valence-corrected chi connectivity index (χ2v) is 5.30. The quantitative estimate of drug-likeness (QED) is 0.432. The van der Waals surface area contributed by atoms with Gasteiger partial charge in [-0.2, -0.15) is 0 Å². The van der Waals surface area contributed by atoms with Crippen LogP contribution in [0, 0.1) is 5.92 Å². The van der Waals surface area contributed by atoms with Crippen LogP contribution in [0.3, 0.4) is 0 Å². The van der Waals surface area contributed by atoms with Crippen LogP contribution >= 0.6 is 24.0 Å². The molecule has 1 aromatic carbocycles. The van der Waals surface area contributed by atoms with Gasteiger partial charge >= 0.3 is 0 Å². The van der Waals surface area contributed by atoms with Gasteiger partial charge in [-0.3, -0.25) is 0 Å². The van der Waals surface area contributed by atoms with Crippen LogP contribution < -0.4 is 11.1 Å². The molecule has 0 bridgehead atoms. The maximum Gasteiger partial charge on any atom is 0.216 e. The molecular formula is C16H23IN4O. The van der Waals surface area contributed by atoms with Gasteiger partial charge in [-0.05, 0) is 12.3 Å². The number of aliphatic imine (C=N–C) groups is 1. The van der Waals surface area contributed by atoms with Crippen molar-refractivity contribution in [1.82, 2.24) is 10.3 Å². The number of benzene rings is 1. The second-order valence-electron chi connectivity index (χ2n) is 5.30. The molecule has 120 valence electrons. The zero-order valence-electron chi connectivity index (χ0n) is 13.0. The Bertz CT molecular complexity index is 581. The normalized spacial score (nSPS) is 11.3. The Morgan fingerprint density at radius 1 is 1.32 bits per heavy atom. The molecule has 0 spiro atoms. The van der Waals surface area contributed by atoms with E-state index < -0.39 is 0 Å². The van der Waals surface area contributed by atoms with Gasteiger partial charge in [0.25, 0.3) is 0 Å². The molecule has 0 atom stereocenters. The first kappa shape index (κ1) is 18.5. The molecule has 0 radical (unpaired) electrons. The zero-order valence-corrected chi connectivity index (χ0v) is 15.3. The fourth-order valence-electron chi connectivity index (χ4n) is 1.82. The minimum absolute atomic E-state index is 0. The third-order valence-corrected chi connectivity index (χ3v) is 3.02. The number of hydrogen-bond donors (Lipinski definition) is 2. The van der Waals surface area contributed by atoms with E-state index in [1.54, 1.807) is 6.20 Å². The Balaban J connectivity index is 0.00000242. The lowest BCUT2D eigenvalue weighted by molar-refractivity contribution is 0.509. The van der Waals surface area contributed by atoms with Crippen LogP contribution in [-0.4, -0.2) is 17.5 Å². The van der Waals surface area contributed by atoms with E-state index in [1.807, 2.05) is 30.3 Å². The fraction of sp³-hybridized carbons (Fsp3) is 0.375. The van der Waals surface area contributed by atoms with Crippen LogP contribution in [0.4, 0.5) is 0 Å². The predicted octanol–water partition coefficient (Wildman–Crippen LogP) is 3.41. The lowest BCUT2D eigenvalue weighted by Crippen LogP contribution is -2.32. The average Bonchev–Trinajstić information content (AvgIpc) is 2.94. The third-order valence-electron chi connectivity index (χ3n) is 3.02. The largest absolute Gasteiger partial charge is 0.439 e. The number of aromatic nitrogens is 1. The van der Waals surface area contributed by atoms with E-state index in [4.69, 9.17) is 10.2 Å². The van der Waals surface area contributed by atoms with Gasteiger partial charge in [0.15, 0.2) is 11.7 Å². The van der Waals surface area contributed by atoms with E-state index in [1.165, 1.54) is 0 Å². The highest BCUT2D eigenvalue weighted by atomic mass is 127. The number of hydrogen-bond acceptors (Lipinski definition) is 3. The number of nitrogens with one attached hydrogen (secondary N) is 1. The van der Waals surface area contributed by atoms with Gasteiger partial charge in [0.05, 0.1) is 6.20 Å². The summed E-state index contributed by atoms with van der Waals surface area (Å²) >= 11 is 0. The molecule has 0 aliphatic heterocycles. The van der Waals surface area contributed by atoms with Crippen LogP contribution in [-0.2, 0) is 6.54 Å². The van der Waals surface area contributed by atoms with E-state index >= 15 is 0 Å². The average molecular weight is 414 g/mol. The van der Waals surface area contributed by atoms with Crippen LogP contribution in [0.1, 0.15) is 26.2 Å². The molecule has 3 N–H and O–H groups in total. The first-order valence-electron chi connectivity index (χ1n) is 7.19. The van der Waals surface area contributed by atoms with Crippen LogP contribution in [0.15, 0.2) is 45.9 Å². The Labute approximate surface area is 148 Å². The summed E-state index contributed by atoms with van der Waals surface area (Å²) in [5, 5.41) is 3.08. The van der Waals surface area contributed by atoms with Gasteiger partial charge in [0, 0.05) is 12.1 Å². The van der Waals surface area contributed by atoms with Gasteiger partial charge < -0.3 is 15.5 Å². The maximum atomic E-state index is 5.80. The molecule has 0 saturated carbocycles. The van der Waals surface area contributed by atoms with Crippen LogP contribution in [0.5, 0.6) is 0 Å². The number of nitrogens with zero attached hydrogens (tertiary/aromatic N) is 2. The number of nitrogens with two attached hydrogens (primary N) is 1. The number of guanidine groups is 1. The minimum Gasteiger partial charge on any atom is -0.439 e. The number of halogens is 1.